The van der Waals surface area contributed by atoms with Gasteiger partial charge in [0.05, 0.1) is 18.0 Å². The van der Waals surface area contributed by atoms with Gasteiger partial charge in [-0.3, -0.25) is 4.93 Å². The number of nitrogens with zero attached hydrogens (tertiary/aromatic N) is 8. The summed E-state index contributed by atoms with van der Waals surface area (Å²) < 4.78 is 8.68. The largest absolute Gasteiger partial charge is 0.442 e. The van der Waals surface area contributed by atoms with E-state index in [2.05, 4.69) is 133 Å². The molecule has 9 rings (SSSR count). The van der Waals surface area contributed by atoms with Crippen molar-refractivity contribution in [2.45, 2.75) is 38.1 Å². The molecule has 0 unspecified atom stereocenters. The van der Waals surface area contributed by atoms with Crippen LogP contribution >= 0.6 is 67.8 Å². The van der Waals surface area contributed by atoms with Gasteiger partial charge in [0.25, 0.3) is 0 Å². The predicted octanol–water partition coefficient (Wildman–Crippen LogP) is 11.9. The van der Waals surface area contributed by atoms with Crippen molar-refractivity contribution in [3.05, 3.63) is 264 Å². The Morgan fingerprint density at radius 1 is 0.559 bits per heavy atom. The average Bonchev–Trinajstić information content (AvgIpc) is 4.15. The zero-order valence-electron chi connectivity index (χ0n) is 36.9. The molecule has 1 N–H and O–H groups in total. The third-order valence-electron chi connectivity index (χ3n) is 10.7. The molecule has 11 nitrogen and oxygen atoms in total. The minimum absolute atomic E-state index is 0. The van der Waals surface area contributed by atoms with E-state index in [0.717, 1.165) is 39.1 Å². The number of carbonyl (C=O) groups excluding carboxylic acids is 1. The van der Waals surface area contributed by atoms with Gasteiger partial charge in [0.15, 0.2) is 11.1 Å². The second-order valence-corrected chi connectivity index (χ2v) is 18.1. The van der Waals surface area contributed by atoms with Crippen LogP contribution in [0.4, 0.5) is 4.79 Å². The van der Waals surface area contributed by atoms with Gasteiger partial charge in [-0.05, 0) is 47.2 Å². The number of imidazole rings is 1. The predicted molar refractivity (Wildman–Crippen MR) is 284 cm³/mol. The van der Waals surface area contributed by atoms with E-state index in [9.17, 15) is 9.90 Å². The fourth-order valence-corrected chi connectivity index (χ4v) is 7.74. The van der Waals surface area contributed by atoms with E-state index in [0.29, 0.717) is 17.1 Å². The van der Waals surface area contributed by atoms with Gasteiger partial charge in [0.1, 0.15) is 24.3 Å². The summed E-state index contributed by atoms with van der Waals surface area (Å²) in [5, 5.41) is 28.8. The van der Waals surface area contributed by atoms with E-state index in [1.807, 2.05) is 148 Å². The number of aromatic nitrogens is 8. The van der Waals surface area contributed by atoms with Crippen LogP contribution < -0.4 is 0 Å². The van der Waals surface area contributed by atoms with Gasteiger partial charge in [-0.15, -0.1) is 0 Å². The standard InChI is InChI=1S/C27H23N5O2.C23H21N3O.CHI2.CH2I.2Ir/c1-21-25(19-34-26(33)31-18-17-28-20-31)30-32(29-21)27(22-11-5-2-6-12-22,23-13-7-3-8-14-23)24-15-9-4-10-16-24;1-18-22(17-27)25-26(24-18)23(19-11-5-2-6-12-19,20-13-7-3-8-14-20)21-15-9-4-10-16-21;2-1-3;1-2;;/h2-18,20H,19H2,1H3;2-16,27H,17H2,1H3;1H;1H2;;/q;;2*-1;;. The number of hydrogen-bond acceptors (Lipinski definition) is 8. The number of aliphatic hydroxyl groups excluding tert-OH is 1. The van der Waals surface area contributed by atoms with Crippen molar-refractivity contribution < 1.29 is 54.8 Å². The Morgan fingerprint density at radius 2 is 0.853 bits per heavy atom. The molecule has 2 radical (unpaired) electrons. The Morgan fingerprint density at radius 3 is 1.12 bits per heavy atom. The Bertz CT molecular complexity index is 2620. The molecule has 3 aromatic heterocycles. The second-order valence-electron chi connectivity index (χ2n) is 14.4. The third-order valence-corrected chi connectivity index (χ3v) is 10.7. The molecule has 0 atom stereocenters. The fraction of sp³-hybridized carbons (Fsp3) is 0.115. The summed E-state index contributed by atoms with van der Waals surface area (Å²) in [6.45, 7) is 3.61. The molecule has 9 aromatic rings. The van der Waals surface area contributed by atoms with Gasteiger partial charge < -0.3 is 77.6 Å². The number of carbonyl (C=O) groups is 1. The van der Waals surface area contributed by atoms with Crippen LogP contribution in [-0.2, 0) is 69.2 Å². The summed E-state index contributed by atoms with van der Waals surface area (Å²) in [4.78, 5) is 22.9. The summed E-state index contributed by atoms with van der Waals surface area (Å²) in [5.74, 6) is 0. The molecule has 3 heterocycles. The van der Waals surface area contributed by atoms with Crippen molar-refractivity contribution in [1.29, 1.82) is 0 Å². The smallest absolute Gasteiger partial charge is 0.419 e. The van der Waals surface area contributed by atoms with Gasteiger partial charge in [0, 0.05) is 52.6 Å². The molecular weight excluding hydrogens is 1550 g/mol. The zero-order chi connectivity index (χ0) is 46.8. The van der Waals surface area contributed by atoms with E-state index >= 15 is 0 Å². The van der Waals surface area contributed by atoms with Gasteiger partial charge in [-0.1, -0.05) is 182 Å². The molecule has 6 aromatic carbocycles. The van der Waals surface area contributed by atoms with Crippen molar-refractivity contribution in [3.8, 4) is 0 Å². The van der Waals surface area contributed by atoms with Gasteiger partial charge >= 0.3 is 6.09 Å². The van der Waals surface area contributed by atoms with Crippen molar-refractivity contribution in [1.82, 2.24) is 39.5 Å². The number of rotatable bonds is 11. The average molecular weight is 1600 g/mol. The first-order valence-corrected chi connectivity index (χ1v) is 24.6. The molecule has 68 heavy (non-hydrogen) atoms. The Labute approximate surface area is 465 Å². The number of benzene rings is 6. The molecule has 16 heteroatoms. The Hall–Kier alpha value is -4.27. The molecule has 0 aliphatic rings. The van der Waals surface area contributed by atoms with Gasteiger partial charge in [-0.25, -0.2) is 16.8 Å². The van der Waals surface area contributed by atoms with Crippen molar-refractivity contribution in [2.75, 3.05) is 0 Å². The summed E-state index contributed by atoms with van der Waals surface area (Å²) in [6.07, 6.45) is 3.94. The van der Waals surface area contributed by atoms with E-state index in [1.165, 1.54) is 23.3 Å². The second kappa shape index (κ2) is 28.4. The molecule has 0 aliphatic carbocycles. The molecule has 354 valence electrons. The topological polar surface area (TPSA) is 126 Å². The van der Waals surface area contributed by atoms with Gasteiger partial charge in [0.2, 0.25) is 0 Å². The van der Waals surface area contributed by atoms with Crippen LogP contribution in [0.2, 0.25) is 0 Å². The van der Waals surface area contributed by atoms with E-state index < -0.39 is 17.2 Å². The maximum atomic E-state index is 12.3. The van der Waals surface area contributed by atoms with Crippen LogP contribution in [-0.4, -0.2) is 50.7 Å². The molecule has 0 fully saturated rings. The molecular formula is C52H47I3Ir2N8O3-2. The van der Waals surface area contributed by atoms with Gasteiger partial charge in [-0.2, -0.15) is 30.0 Å². The first-order valence-electron chi connectivity index (χ1n) is 20.6. The number of aryl methyl sites for hydroxylation is 2. The molecule has 0 saturated heterocycles. The van der Waals surface area contributed by atoms with Crippen LogP contribution in [0.25, 0.3) is 0 Å². The molecule has 0 aliphatic heterocycles. The van der Waals surface area contributed by atoms with E-state index in [4.69, 9.17) is 20.0 Å². The Kier molecular flexibility index (Phi) is 23.5. The van der Waals surface area contributed by atoms with Crippen LogP contribution in [0.1, 0.15) is 56.2 Å². The molecule has 0 bridgehead atoms. The van der Waals surface area contributed by atoms with Crippen molar-refractivity contribution >= 4 is 73.9 Å². The quantitative estimate of drug-likeness (QED) is 0.0771. The van der Waals surface area contributed by atoms with Crippen LogP contribution in [0.3, 0.4) is 0 Å². The maximum absolute atomic E-state index is 12.3. The molecule has 0 spiro atoms. The summed E-state index contributed by atoms with van der Waals surface area (Å²) >= 11 is 6.20. The SMILES string of the molecule is Cc1nn(C(c2ccccc2)(c2ccccc2)c2ccccc2)nc1CO.Cc1nn(C(c2ccccc2)(c2ccccc2)c2ccccc2)nc1COC(=O)n1ccnc1.I[CH-]I.[CH2-]I.[Ir].[Ir]. The Balaban J connectivity index is 0.000000269. The van der Waals surface area contributed by atoms with Crippen LogP contribution in [0, 0.1) is 21.2 Å². The minimum Gasteiger partial charge on any atom is -0.442 e. The number of ether oxygens (including phenoxy) is 1. The van der Waals surface area contributed by atoms with E-state index in [-0.39, 0.29) is 53.4 Å². The monoisotopic (exact) mass is 1600 g/mol. The first kappa shape index (κ1) is 56.3. The third kappa shape index (κ3) is 12.7. The molecule has 0 saturated carbocycles. The number of hydrogen-bond donors (Lipinski definition) is 1. The van der Waals surface area contributed by atoms with E-state index in [1.54, 1.807) is 9.59 Å². The summed E-state index contributed by atoms with van der Waals surface area (Å²) in [5.41, 5.74) is 7.25. The molecule has 0 amide bonds. The van der Waals surface area contributed by atoms with Crippen LogP contribution in [0.5, 0.6) is 0 Å². The minimum atomic E-state index is -0.818. The first-order chi connectivity index (χ1) is 32.4. The maximum Gasteiger partial charge on any atom is 0.419 e. The van der Waals surface area contributed by atoms with Crippen molar-refractivity contribution in [2.24, 2.45) is 0 Å². The normalized spacial score (nSPS) is 10.6. The summed E-state index contributed by atoms with van der Waals surface area (Å²) in [7, 11) is 0. The van der Waals surface area contributed by atoms with Crippen LogP contribution in [0.15, 0.2) is 201 Å². The van der Waals surface area contributed by atoms with Crippen molar-refractivity contribution in [3.63, 3.8) is 0 Å². The fourth-order valence-electron chi connectivity index (χ4n) is 7.74. The number of halogens is 3. The zero-order valence-corrected chi connectivity index (χ0v) is 48.2. The summed E-state index contributed by atoms with van der Waals surface area (Å²) in [6, 6.07) is 61.3. The number of aliphatic hydroxyl groups is 1.